The maximum Gasteiger partial charge on any atom is 0.315 e. The van der Waals surface area contributed by atoms with Crippen LogP contribution in [0.15, 0.2) is 6.20 Å². The zero-order chi connectivity index (χ0) is 17.7. The minimum Gasteiger partial charge on any atom is -0.390 e. The van der Waals surface area contributed by atoms with Crippen molar-refractivity contribution < 1.29 is 15.0 Å². The van der Waals surface area contributed by atoms with Crippen LogP contribution in [0.25, 0.3) is 0 Å². The van der Waals surface area contributed by atoms with Crippen LogP contribution >= 0.6 is 0 Å². The van der Waals surface area contributed by atoms with E-state index < -0.39 is 18.2 Å². The highest BCUT2D eigenvalue weighted by Gasteiger charge is 2.42. The van der Waals surface area contributed by atoms with Gasteiger partial charge < -0.3 is 25.7 Å². The average molecular weight is 340 g/mol. The van der Waals surface area contributed by atoms with Gasteiger partial charge in [0.1, 0.15) is 6.10 Å². The summed E-state index contributed by atoms with van der Waals surface area (Å²) in [5.41, 5.74) is 0.849. The summed E-state index contributed by atoms with van der Waals surface area (Å²) in [6, 6.07) is -0.783. The lowest BCUT2D eigenvalue weighted by Crippen LogP contribution is -2.47. The number of aliphatic hydroxyl groups is 2. The van der Waals surface area contributed by atoms with E-state index in [1.807, 2.05) is 32.1 Å². The molecule has 136 valence electrons. The smallest absolute Gasteiger partial charge is 0.315 e. The Morgan fingerprint density at radius 2 is 2.17 bits per heavy atom. The lowest BCUT2D eigenvalue weighted by atomic mass is 10.1. The minimum absolute atomic E-state index is 0.189. The summed E-state index contributed by atoms with van der Waals surface area (Å²) < 4.78 is 1.68. The van der Waals surface area contributed by atoms with Gasteiger partial charge in [-0.2, -0.15) is 0 Å². The van der Waals surface area contributed by atoms with Crippen molar-refractivity contribution >= 4 is 6.03 Å². The van der Waals surface area contributed by atoms with Gasteiger partial charge in [-0.15, -0.1) is 5.10 Å². The molecule has 2 rings (SSSR count). The molecule has 4 N–H and O–H groups in total. The zero-order valence-electron chi connectivity index (χ0n) is 14.5. The van der Waals surface area contributed by atoms with E-state index in [2.05, 4.69) is 20.9 Å². The summed E-state index contributed by atoms with van der Waals surface area (Å²) in [4.78, 5) is 13.7. The quantitative estimate of drug-likeness (QED) is 0.514. The molecular weight excluding hydrogens is 312 g/mol. The topological polar surface area (TPSA) is 116 Å². The molecule has 1 aliphatic carbocycles. The van der Waals surface area contributed by atoms with Crippen molar-refractivity contribution in [1.29, 1.82) is 0 Å². The molecule has 0 saturated heterocycles. The van der Waals surface area contributed by atoms with Crippen molar-refractivity contribution in [3.05, 3.63) is 11.9 Å². The van der Waals surface area contributed by atoms with Crippen molar-refractivity contribution in [2.75, 3.05) is 20.6 Å². The van der Waals surface area contributed by atoms with Crippen LogP contribution in [0.1, 0.15) is 25.5 Å². The number of aliphatic hydroxyl groups excluding tert-OH is 2. The molecule has 0 radical (unpaired) electrons. The molecular formula is C15H28N6O3. The van der Waals surface area contributed by atoms with Gasteiger partial charge in [0.15, 0.2) is 0 Å². The van der Waals surface area contributed by atoms with E-state index in [-0.39, 0.29) is 11.9 Å². The highest BCUT2D eigenvalue weighted by molar-refractivity contribution is 5.74. The van der Waals surface area contributed by atoms with Gasteiger partial charge >= 0.3 is 6.03 Å². The molecule has 2 amide bonds. The summed E-state index contributed by atoms with van der Waals surface area (Å²) in [5, 5.41) is 34.0. The molecule has 9 heteroatoms. The second-order valence-corrected chi connectivity index (χ2v) is 6.65. The van der Waals surface area contributed by atoms with Gasteiger partial charge in [0.05, 0.1) is 17.8 Å². The Kier molecular flexibility index (Phi) is 6.52. The van der Waals surface area contributed by atoms with Gasteiger partial charge in [0.25, 0.3) is 0 Å². The molecule has 4 atom stereocenters. The minimum atomic E-state index is -0.979. The summed E-state index contributed by atoms with van der Waals surface area (Å²) in [7, 11) is 3.91. The normalized spacial score (nSPS) is 26.8. The van der Waals surface area contributed by atoms with Gasteiger partial charge in [-0.05, 0) is 26.9 Å². The van der Waals surface area contributed by atoms with Crippen LogP contribution in [0.5, 0.6) is 0 Å². The standard InChI is InChI=1S/C15H28N6O3/c1-4-5-16-15(24)17-12-6-10(13(22)14(12)23)7-21-9-11(18-19-21)8-20(2)3/h9-10,12-14,22-23H,4-8H2,1-3H3,(H2,16,17,24). The van der Waals surface area contributed by atoms with E-state index in [1.54, 1.807) is 4.68 Å². The van der Waals surface area contributed by atoms with Crippen molar-refractivity contribution in [2.45, 2.75) is 51.1 Å². The first-order chi connectivity index (χ1) is 11.4. The van der Waals surface area contributed by atoms with E-state index in [0.717, 1.165) is 12.1 Å². The van der Waals surface area contributed by atoms with Crippen molar-refractivity contribution in [3.63, 3.8) is 0 Å². The third-order valence-corrected chi connectivity index (χ3v) is 4.14. The highest BCUT2D eigenvalue weighted by Crippen LogP contribution is 2.28. The SMILES string of the molecule is CCCNC(=O)NC1CC(Cn2cc(CN(C)C)nn2)C(O)C1O. The zero-order valence-corrected chi connectivity index (χ0v) is 14.5. The molecule has 1 heterocycles. The predicted molar refractivity (Wildman–Crippen MR) is 88.1 cm³/mol. The van der Waals surface area contributed by atoms with E-state index >= 15 is 0 Å². The second-order valence-electron chi connectivity index (χ2n) is 6.65. The van der Waals surface area contributed by atoms with Crippen LogP contribution in [0.3, 0.4) is 0 Å². The number of carbonyl (C=O) groups excluding carboxylic acids is 1. The van der Waals surface area contributed by atoms with Crippen LogP contribution in [-0.4, -0.2) is 75.0 Å². The second kappa shape index (κ2) is 8.41. The van der Waals surface area contributed by atoms with E-state index in [0.29, 0.717) is 26.1 Å². The molecule has 0 aliphatic heterocycles. The first-order valence-electron chi connectivity index (χ1n) is 8.35. The number of amides is 2. The largest absolute Gasteiger partial charge is 0.390 e. The molecule has 9 nitrogen and oxygen atoms in total. The van der Waals surface area contributed by atoms with E-state index in [4.69, 9.17) is 0 Å². The number of nitrogens with zero attached hydrogens (tertiary/aromatic N) is 4. The van der Waals surface area contributed by atoms with Gasteiger partial charge in [-0.1, -0.05) is 12.1 Å². The van der Waals surface area contributed by atoms with Crippen molar-refractivity contribution in [2.24, 2.45) is 5.92 Å². The maximum absolute atomic E-state index is 11.7. The number of carbonyl (C=O) groups is 1. The molecule has 0 bridgehead atoms. The third-order valence-electron chi connectivity index (χ3n) is 4.14. The average Bonchev–Trinajstić information content (AvgIpc) is 3.05. The molecule has 24 heavy (non-hydrogen) atoms. The molecule has 0 aromatic carbocycles. The van der Waals surface area contributed by atoms with E-state index in [1.165, 1.54) is 0 Å². The van der Waals surface area contributed by atoms with Gasteiger partial charge in [0.2, 0.25) is 0 Å². The Hall–Kier alpha value is -1.71. The van der Waals surface area contributed by atoms with Crippen LogP contribution in [-0.2, 0) is 13.1 Å². The van der Waals surface area contributed by atoms with Gasteiger partial charge in [-0.3, -0.25) is 4.68 Å². The highest BCUT2D eigenvalue weighted by atomic mass is 16.3. The molecule has 0 spiro atoms. The van der Waals surface area contributed by atoms with Crippen LogP contribution in [0, 0.1) is 5.92 Å². The molecule has 4 unspecified atom stereocenters. The number of urea groups is 1. The summed E-state index contributed by atoms with van der Waals surface area (Å²) >= 11 is 0. The van der Waals surface area contributed by atoms with Crippen LogP contribution < -0.4 is 10.6 Å². The fraction of sp³-hybridized carbons (Fsp3) is 0.800. The Morgan fingerprint density at radius 1 is 1.42 bits per heavy atom. The molecule has 1 saturated carbocycles. The number of hydrogen-bond acceptors (Lipinski definition) is 6. The number of hydrogen-bond donors (Lipinski definition) is 4. The Labute approximate surface area is 142 Å². The van der Waals surface area contributed by atoms with Crippen LogP contribution in [0.2, 0.25) is 0 Å². The lowest BCUT2D eigenvalue weighted by molar-refractivity contribution is 0.00860. The van der Waals surface area contributed by atoms with Gasteiger partial charge in [-0.25, -0.2) is 4.79 Å². The molecule has 1 aliphatic rings. The number of aromatic nitrogens is 3. The summed E-state index contributed by atoms with van der Waals surface area (Å²) in [5.74, 6) is -0.189. The molecule has 1 aromatic heterocycles. The summed E-state index contributed by atoms with van der Waals surface area (Å²) in [6.45, 7) is 3.69. The lowest BCUT2D eigenvalue weighted by Gasteiger charge is -2.18. The fourth-order valence-electron chi connectivity index (χ4n) is 2.97. The Bertz CT molecular complexity index is 535. The van der Waals surface area contributed by atoms with Crippen LogP contribution in [0.4, 0.5) is 4.79 Å². The predicted octanol–water partition coefficient (Wildman–Crippen LogP) is -0.841. The fourth-order valence-corrected chi connectivity index (χ4v) is 2.97. The first kappa shape index (κ1) is 18.6. The van der Waals surface area contributed by atoms with Gasteiger partial charge in [0, 0.05) is 31.7 Å². The third kappa shape index (κ3) is 4.89. The summed E-state index contributed by atoms with van der Waals surface area (Å²) in [6.07, 6.45) is 1.29. The van der Waals surface area contributed by atoms with Crippen molar-refractivity contribution in [1.82, 2.24) is 30.5 Å². The molecule has 1 fully saturated rings. The number of rotatable bonds is 7. The number of nitrogens with one attached hydrogen (secondary N) is 2. The Balaban J connectivity index is 1.89. The maximum atomic E-state index is 11.7. The van der Waals surface area contributed by atoms with E-state index in [9.17, 15) is 15.0 Å². The van der Waals surface area contributed by atoms with Crippen molar-refractivity contribution in [3.8, 4) is 0 Å². The monoisotopic (exact) mass is 340 g/mol. The first-order valence-corrected chi connectivity index (χ1v) is 8.35. The Morgan fingerprint density at radius 3 is 2.83 bits per heavy atom. The molecule has 1 aromatic rings.